The molecule has 6 heteroatoms. The van der Waals surface area contributed by atoms with Gasteiger partial charge in [-0.3, -0.25) is 4.99 Å². The lowest BCUT2D eigenvalue weighted by atomic mass is 9.86. The Morgan fingerprint density at radius 2 is 1.92 bits per heavy atom. The zero-order valence-corrected chi connectivity index (χ0v) is 18.7. The number of benzene rings is 1. The average Bonchev–Trinajstić information content (AvgIpc) is 3.03. The molecule has 0 aliphatic heterocycles. The SMILES string of the molecule is CCc1cnc(CNC(=NC)NCC(C)(C)Cc2ccccc2)s1.I. The van der Waals surface area contributed by atoms with E-state index in [2.05, 4.69) is 71.7 Å². The summed E-state index contributed by atoms with van der Waals surface area (Å²) < 4.78 is 0. The molecule has 0 unspecified atom stereocenters. The predicted molar refractivity (Wildman–Crippen MR) is 119 cm³/mol. The van der Waals surface area contributed by atoms with Crippen LogP contribution in [-0.2, 0) is 19.4 Å². The fourth-order valence-corrected chi connectivity index (χ4v) is 3.31. The van der Waals surface area contributed by atoms with Gasteiger partial charge in [-0.05, 0) is 23.8 Å². The van der Waals surface area contributed by atoms with Crippen molar-refractivity contribution < 1.29 is 0 Å². The molecule has 1 heterocycles. The second kappa shape index (κ2) is 10.8. The average molecular weight is 472 g/mol. The molecule has 0 fully saturated rings. The van der Waals surface area contributed by atoms with Crippen LogP contribution < -0.4 is 10.6 Å². The number of halogens is 1. The highest BCUT2D eigenvalue weighted by molar-refractivity contribution is 14.0. The van der Waals surface area contributed by atoms with Crippen molar-refractivity contribution in [1.29, 1.82) is 0 Å². The molecule has 2 N–H and O–H groups in total. The maximum absolute atomic E-state index is 4.43. The normalized spacial score (nSPS) is 11.8. The summed E-state index contributed by atoms with van der Waals surface area (Å²) in [6, 6.07) is 10.6. The molecule has 2 rings (SSSR count). The molecule has 0 aliphatic carbocycles. The number of nitrogens with one attached hydrogen (secondary N) is 2. The Kier molecular flexibility index (Phi) is 9.42. The van der Waals surface area contributed by atoms with E-state index in [0.29, 0.717) is 6.54 Å². The van der Waals surface area contributed by atoms with Crippen molar-refractivity contribution >= 4 is 41.3 Å². The van der Waals surface area contributed by atoms with Gasteiger partial charge in [-0.1, -0.05) is 51.1 Å². The highest BCUT2D eigenvalue weighted by atomic mass is 127. The topological polar surface area (TPSA) is 49.3 Å². The van der Waals surface area contributed by atoms with Crippen molar-refractivity contribution in [3.05, 3.63) is 52.0 Å². The number of nitrogens with zero attached hydrogens (tertiary/aromatic N) is 2. The summed E-state index contributed by atoms with van der Waals surface area (Å²) in [4.78, 5) is 10.1. The van der Waals surface area contributed by atoms with Gasteiger partial charge in [0.1, 0.15) is 5.01 Å². The first kappa shape index (κ1) is 21.9. The quantitative estimate of drug-likeness (QED) is 0.360. The monoisotopic (exact) mass is 472 g/mol. The summed E-state index contributed by atoms with van der Waals surface area (Å²) in [6.45, 7) is 8.27. The van der Waals surface area contributed by atoms with Gasteiger partial charge in [-0.2, -0.15) is 0 Å². The third-order valence-corrected chi connectivity index (χ3v) is 4.98. The third-order valence-electron chi connectivity index (χ3n) is 3.84. The van der Waals surface area contributed by atoms with Crippen LogP contribution in [0, 0.1) is 5.41 Å². The Labute approximate surface area is 172 Å². The zero-order chi connectivity index (χ0) is 17.4. The maximum atomic E-state index is 4.43. The van der Waals surface area contributed by atoms with Gasteiger partial charge < -0.3 is 10.6 Å². The summed E-state index contributed by atoms with van der Waals surface area (Å²) >= 11 is 1.75. The van der Waals surface area contributed by atoms with Crippen LogP contribution in [-0.4, -0.2) is 24.5 Å². The van der Waals surface area contributed by atoms with Gasteiger partial charge in [-0.15, -0.1) is 35.3 Å². The van der Waals surface area contributed by atoms with Gasteiger partial charge >= 0.3 is 0 Å². The van der Waals surface area contributed by atoms with Crippen LogP contribution in [0.5, 0.6) is 0 Å². The van der Waals surface area contributed by atoms with E-state index in [-0.39, 0.29) is 29.4 Å². The first-order chi connectivity index (χ1) is 11.5. The van der Waals surface area contributed by atoms with E-state index in [9.17, 15) is 0 Å². The molecule has 4 nitrogen and oxygen atoms in total. The summed E-state index contributed by atoms with van der Waals surface area (Å²) in [5.41, 5.74) is 1.51. The lowest BCUT2D eigenvalue weighted by molar-refractivity contribution is 0.359. The number of aliphatic imine (C=N–C) groups is 1. The van der Waals surface area contributed by atoms with E-state index in [4.69, 9.17) is 0 Å². The molecule has 25 heavy (non-hydrogen) atoms. The number of aryl methyl sites for hydroxylation is 1. The maximum Gasteiger partial charge on any atom is 0.191 e. The first-order valence-corrected chi connectivity index (χ1v) is 9.26. The van der Waals surface area contributed by atoms with E-state index in [1.54, 1.807) is 18.4 Å². The van der Waals surface area contributed by atoms with E-state index in [0.717, 1.165) is 30.4 Å². The zero-order valence-electron chi connectivity index (χ0n) is 15.5. The summed E-state index contributed by atoms with van der Waals surface area (Å²) in [6.07, 6.45) is 4.03. The minimum Gasteiger partial charge on any atom is -0.356 e. The van der Waals surface area contributed by atoms with Gasteiger partial charge in [0.05, 0.1) is 6.54 Å². The molecule has 138 valence electrons. The molecule has 1 aromatic carbocycles. The summed E-state index contributed by atoms with van der Waals surface area (Å²) in [5.74, 6) is 0.824. The smallest absolute Gasteiger partial charge is 0.191 e. The standard InChI is InChI=1S/C19H28N4S.HI/c1-5-16-12-21-17(24-16)13-22-18(20-4)23-14-19(2,3)11-15-9-7-6-8-10-15;/h6-10,12H,5,11,13-14H2,1-4H3,(H2,20,22,23);1H. The van der Waals surface area contributed by atoms with E-state index < -0.39 is 0 Å². The van der Waals surface area contributed by atoms with Crippen LogP contribution in [0.15, 0.2) is 41.5 Å². The van der Waals surface area contributed by atoms with Crippen LogP contribution in [0.2, 0.25) is 0 Å². The molecule has 0 amide bonds. The van der Waals surface area contributed by atoms with Crippen LogP contribution in [0.4, 0.5) is 0 Å². The molecule has 0 saturated carbocycles. The van der Waals surface area contributed by atoms with Crippen LogP contribution in [0.3, 0.4) is 0 Å². The predicted octanol–water partition coefficient (Wildman–Crippen LogP) is 4.26. The van der Waals surface area contributed by atoms with Crippen molar-refractivity contribution in [1.82, 2.24) is 15.6 Å². The van der Waals surface area contributed by atoms with E-state index >= 15 is 0 Å². The number of hydrogen-bond donors (Lipinski definition) is 2. The first-order valence-electron chi connectivity index (χ1n) is 8.44. The van der Waals surface area contributed by atoms with E-state index in [1.807, 2.05) is 6.20 Å². The highest BCUT2D eigenvalue weighted by Crippen LogP contribution is 2.20. The highest BCUT2D eigenvalue weighted by Gasteiger charge is 2.19. The van der Waals surface area contributed by atoms with Crippen molar-refractivity contribution in [3.63, 3.8) is 0 Å². The Bertz CT molecular complexity index is 652. The fraction of sp³-hybridized carbons (Fsp3) is 0.474. The van der Waals surface area contributed by atoms with E-state index in [1.165, 1.54) is 10.4 Å². The Balaban J connectivity index is 0.00000312. The molecule has 0 radical (unpaired) electrons. The Hall–Kier alpha value is -1.15. The van der Waals surface area contributed by atoms with Gasteiger partial charge in [0.25, 0.3) is 0 Å². The summed E-state index contributed by atoms with van der Waals surface area (Å²) in [7, 11) is 1.80. The van der Waals surface area contributed by atoms with Crippen molar-refractivity contribution in [2.45, 2.75) is 40.2 Å². The van der Waals surface area contributed by atoms with Crippen LogP contribution >= 0.6 is 35.3 Å². The Morgan fingerprint density at radius 1 is 1.20 bits per heavy atom. The minimum absolute atomic E-state index is 0. The molecule has 0 spiro atoms. The molecule has 1 aromatic heterocycles. The number of aromatic nitrogens is 1. The van der Waals surface area contributed by atoms with Gasteiger partial charge in [-0.25, -0.2) is 4.98 Å². The molecule has 0 aliphatic rings. The minimum atomic E-state index is 0. The lowest BCUT2D eigenvalue weighted by Gasteiger charge is -2.26. The number of rotatable bonds is 7. The number of thiazole rings is 1. The molecular formula is C19H29IN4S. The molecular weight excluding hydrogens is 443 g/mol. The largest absolute Gasteiger partial charge is 0.356 e. The molecule has 0 bridgehead atoms. The van der Waals surface area contributed by atoms with Crippen LogP contribution in [0.25, 0.3) is 0 Å². The fourth-order valence-electron chi connectivity index (χ4n) is 2.51. The van der Waals surface area contributed by atoms with Crippen LogP contribution in [0.1, 0.15) is 36.2 Å². The van der Waals surface area contributed by atoms with Crippen molar-refractivity contribution in [2.75, 3.05) is 13.6 Å². The second-order valence-electron chi connectivity index (χ2n) is 6.68. The molecule has 0 saturated heterocycles. The van der Waals surface area contributed by atoms with Gasteiger partial charge in [0.2, 0.25) is 0 Å². The molecule has 0 atom stereocenters. The van der Waals surface area contributed by atoms with Gasteiger partial charge in [0.15, 0.2) is 5.96 Å². The van der Waals surface area contributed by atoms with Crippen molar-refractivity contribution in [2.24, 2.45) is 10.4 Å². The second-order valence-corrected chi connectivity index (χ2v) is 7.88. The van der Waals surface area contributed by atoms with Gasteiger partial charge in [0, 0.05) is 24.7 Å². The third kappa shape index (κ3) is 7.73. The number of hydrogen-bond acceptors (Lipinski definition) is 3. The lowest BCUT2D eigenvalue weighted by Crippen LogP contribution is -2.42. The van der Waals surface area contributed by atoms with Crippen molar-refractivity contribution in [3.8, 4) is 0 Å². The molecule has 2 aromatic rings. The number of guanidine groups is 1. The summed E-state index contributed by atoms with van der Waals surface area (Å²) in [5, 5.41) is 7.88. The Morgan fingerprint density at radius 3 is 2.52 bits per heavy atom.